The maximum atomic E-state index is 12.2. The molecule has 1 aromatic carbocycles. The van der Waals surface area contributed by atoms with Gasteiger partial charge in [-0.2, -0.15) is 5.26 Å². The number of carbonyl (C=O) groups is 1. The minimum absolute atomic E-state index is 0.0360. The van der Waals surface area contributed by atoms with Crippen LogP contribution >= 0.6 is 11.6 Å². The van der Waals surface area contributed by atoms with Gasteiger partial charge in [-0.1, -0.05) is 30.9 Å². The summed E-state index contributed by atoms with van der Waals surface area (Å²) in [4.78, 5) is 14.6. The van der Waals surface area contributed by atoms with Crippen LogP contribution in [0.4, 0.5) is 5.69 Å². The van der Waals surface area contributed by atoms with Crippen molar-refractivity contribution in [2.45, 2.75) is 25.7 Å². The van der Waals surface area contributed by atoms with Crippen molar-refractivity contribution >= 4 is 23.2 Å². The number of nitrogens with zero attached hydrogens (tertiary/aromatic N) is 2. The molecular formula is C19H24ClN3O2. The molecule has 1 aliphatic heterocycles. The minimum Gasteiger partial charge on any atom is -0.380 e. The lowest BCUT2D eigenvalue weighted by molar-refractivity contribution is -0.116. The highest BCUT2D eigenvalue weighted by atomic mass is 35.5. The smallest absolute Gasteiger partial charge is 0.225 e. The van der Waals surface area contributed by atoms with Gasteiger partial charge in [-0.3, -0.25) is 4.79 Å². The number of halogens is 1. The highest BCUT2D eigenvalue weighted by molar-refractivity contribution is 6.32. The molecular weight excluding hydrogens is 338 g/mol. The molecule has 134 valence electrons. The second kappa shape index (κ2) is 8.66. The molecule has 1 unspecified atom stereocenters. The van der Waals surface area contributed by atoms with Crippen LogP contribution in [-0.4, -0.2) is 43.7 Å². The van der Waals surface area contributed by atoms with Gasteiger partial charge in [-0.25, -0.2) is 0 Å². The molecule has 0 radical (unpaired) electrons. The van der Waals surface area contributed by atoms with Gasteiger partial charge in [-0.05, 0) is 30.0 Å². The number of ether oxygens (including phenoxy) is 1. The van der Waals surface area contributed by atoms with E-state index in [4.69, 9.17) is 21.6 Å². The Hall–Kier alpha value is -1.61. The third-order valence-electron chi connectivity index (χ3n) is 5.22. The predicted molar refractivity (Wildman–Crippen MR) is 97.5 cm³/mol. The van der Waals surface area contributed by atoms with Gasteiger partial charge in [-0.15, -0.1) is 0 Å². The van der Waals surface area contributed by atoms with Crippen LogP contribution < -0.4 is 5.32 Å². The predicted octanol–water partition coefficient (Wildman–Crippen LogP) is 3.29. The van der Waals surface area contributed by atoms with E-state index in [9.17, 15) is 4.79 Å². The Bertz CT molecular complexity index is 655. The number of benzene rings is 1. The quantitative estimate of drug-likeness (QED) is 0.874. The Balaban J connectivity index is 1.47. The zero-order chi connectivity index (χ0) is 17.6. The van der Waals surface area contributed by atoms with E-state index in [0.29, 0.717) is 28.6 Å². The van der Waals surface area contributed by atoms with Crippen molar-refractivity contribution in [3.8, 4) is 6.07 Å². The first-order chi connectivity index (χ1) is 12.2. The molecule has 2 fully saturated rings. The molecule has 1 saturated carbocycles. The molecule has 6 heteroatoms. The number of rotatable bonds is 5. The molecule has 2 aliphatic rings. The topological polar surface area (TPSA) is 65.4 Å². The first kappa shape index (κ1) is 18.2. The van der Waals surface area contributed by atoms with Gasteiger partial charge in [0.05, 0.1) is 23.8 Å². The molecule has 1 heterocycles. The van der Waals surface area contributed by atoms with Crippen molar-refractivity contribution in [3.63, 3.8) is 0 Å². The van der Waals surface area contributed by atoms with Gasteiger partial charge in [0.25, 0.3) is 0 Å². The monoisotopic (exact) mass is 361 g/mol. The van der Waals surface area contributed by atoms with Gasteiger partial charge >= 0.3 is 0 Å². The average molecular weight is 362 g/mol. The number of hydrogen-bond donors (Lipinski definition) is 1. The second-order valence-corrected chi connectivity index (χ2v) is 7.34. The first-order valence-electron chi connectivity index (χ1n) is 8.95. The third kappa shape index (κ3) is 4.94. The molecule has 1 saturated heterocycles. The van der Waals surface area contributed by atoms with E-state index >= 15 is 0 Å². The Morgan fingerprint density at radius 1 is 1.40 bits per heavy atom. The Labute approximate surface area is 153 Å². The van der Waals surface area contributed by atoms with E-state index in [2.05, 4.69) is 10.2 Å². The summed E-state index contributed by atoms with van der Waals surface area (Å²) in [7, 11) is 0. The van der Waals surface area contributed by atoms with E-state index in [1.54, 1.807) is 18.2 Å². The molecule has 0 aromatic heterocycles. The summed E-state index contributed by atoms with van der Waals surface area (Å²) >= 11 is 6.00. The molecule has 1 amide bonds. The van der Waals surface area contributed by atoms with Crippen LogP contribution in [0.15, 0.2) is 18.2 Å². The Morgan fingerprint density at radius 3 is 2.92 bits per heavy atom. The number of nitriles is 1. The van der Waals surface area contributed by atoms with Crippen LogP contribution in [-0.2, 0) is 9.53 Å². The van der Waals surface area contributed by atoms with Crippen LogP contribution in [0.3, 0.4) is 0 Å². The van der Waals surface area contributed by atoms with Gasteiger partial charge in [0, 0.05) is 31.7 Å². The zero-order valence-corrected chi connectivity index (χ0v) is 15.1. The van der Waals surface area contributed by atoms with E-state index in [-0.39, 0.29) is 5.91 Å². The van der Waals surface area contributed by atoms with E-state index in [1.165, 1.54) is 19.3 Å². The number of anilines is 1. The SMILES string of the molecule is N#Cc1ccc(NC(=O)CCN2CCOCC(C3CCC3)C2)cc1Cl. The number of carbonyl (C=O) groups excluding carboxylic acids is 1. The number of hydrogen-bond acceptors (Lipinski definition) is 4. The summed E-state index contributed by atoms with van der Waals surface area (Å²) in [6.07, 6.45) is 4.43. The van der Waals surface area contributed by atoms with E-state index in [1.807, 2.05) is 6.07 Å². The van der Waals surface area contributed by atoms with Gasteiger partial charge in [0.15, 0.2) is 0 Å². The largest absolute Gasteiger partial charge is 0.380 e. The molecule has 3 rings (SSSR count). The summed E-state index contributed by atoms with van der Waals surface area (Å²) in [5.41, 5.74) is 1.03. The molecule has 1 N–H and O–H groups in total. The van der Waals surface area contributed by atoms with Crippen LogP contribution in [0.1, 0.15) is 31.2 Å². The summed E-state index contributed by atoms with van der Waals surface area (Å²) in [6.45, 7) is 4.26. The molecule has 0 bridgehead atoms. The van der Waals surface area contributed by atoms with Crippen molar-refractivity contribution in [1.82, 2.24) is 4.90 Å². The molecule has 5 nitrogen and oxygen atoms in total. The average Bonchev–Trinajstić information content (AvgIpc) is 2.77. The fourth-order valence-corrected chi connectivity index (χ4v) is 3.69. The lowest BCUT2D eigenvalue weighted by Gasteiger charge is -2.34. The Kier molecular flexibility index (Phi) is 6.30. The van der Waals surface area contributed by atoms with Crippen LogP contribution in [0.25, 0.3) is 0 Å². The zero-order valence-electron chi connectivity index (χ0n) is 14.3. The fourth-order valence-electron chi connectivity index (χ4n) is 3.47. The molecule has 0 spiro atoms. The van der Waals surface area contributed by atoms with Crippen molar-refractivity contribution in [2.75, 3.05) is 38.2 Å². The van der Waals surface area contributed by atoms with Crippen molar-refractivity contribution in [1.29, 1.82) is 5.26 Å². The van der Waals surface area contributed by atoms with Crippen LogP contribution in [0.2, 0.25) is 5.02 Å². The molecule has 1 aliphatic carbocycles. The lowest BCUT2D eigenvalue weighted by atomic mass is 9.76. The second-order valence-electron chi connectivity index (χ2n) is 6.93. The van der Waals surface area contributed by atoms with Crippen LogP contribution in [0, 0.1) is 23.2 Å². The summed E-state index contributed by atoms with van der Waals surface area (Å²) in [5, 5.41) is 12.1. The summed E-state index contributed by atoms with van der Waals surface area (Å²) in [5.74, 6) is 1.37. The standard InChI is InChI=1S/C19H24ClN3O2/c20-18-10-17(5-4-15(18)11-21)22-19(24)6-7-23-8-9-25-13-16(12-23)14-2-1-3-14/h4-5,10,14,16H,1-3,6-9,12-13H2,(H,22,24). The first-order valence-corrected chi connectivity index (χ1v) is 9.33. The van der Waals surface area contributed by atoms with E-state index < -0.39 is 0 Å². The van der Waals surface area contributed by atoms with Crippen molar-refractivity contribution in [3.05, 3.63) is 28.8 Å². The normalized spacial score (nSPS) is 21.8. The lowest BCUT2D eigenvalue weighted by Crippen LogP contribution is -2.37. The molecule has 1 aromatic rings. The van der Waals surface area contributed by atoms with Crippen molar-refractivity contribution < 1.29 is 9.53 Å². The number of nitrogens with one attached hydrogen (secondary N) is 1. The maximum absolute atomic E-state index is 12.2. The van der Waals surface area contributed by atoms with Gasteiger partial charge in [0.2, 0.25) is 5.91 Å². The van der Waals surface area contributed by atoms with Crippen molar-refractivity contribution in [2.24, 2.45) is 11.8 Å². The third-order valence-corrected chi connectivity index (χ3v) is 5.53. The maximum Gasteiger partial charge on any atom is 0.225 e. The van der Waals surface area contributed by atoms with E-state index in [0.717, 1.165) is 38.8 Å². The molecule has 25 heavy (non-hydrogen) atoms. The minimum atomic E-state index is -0.0360. The summed E-state index contributed by atoms with van der Waals surface area (Å²) < 4.78 is 5.75. The summed E-state index contributed by atoms with van der Waals surface area (Å²) in [6, 6.07) is 6.95. The number of amides is 1. The highest BCUT2D eigenvalue weighted by Crippen LogP contribution is 2.34. The Morgan fingerprint density at radius 2 is 2.24 bits per heavy atom. The fraction of sp³-hybridized carbons (Fsp3) is 0.579. The highest BCUT2D eigenvalue weighted by Gasteiger charge is 2.30. The van der Waals surface area contributed by atoms with Gasteiger partial charge < -0.3 is 15.0 Å². The van der Waals surface area contributed by atoms with Gasteiger partial charge in [0.1, 0.15) is 6.07 Å². The molecule has 1 atom stereocenters. The van der Waals surface area contributed by atoms with Crippen LogP contribution in [0.5, 0.6) is 0 Å².